The lowest BCUT2D eigenvalue weighted by Crippen LogP contribution is -1.99. The van der Waals surface area contributed by atoms with Crippen molar-refractivity contribution >= 4 is 27.3 Å². The van der Waals surface area contributed by atoms with E-state index in [2.05, 4.69) is 59.4 Å². The zero-order chi connectivity index (χ0) is 13.8. The number of rotatable bonds is 3. The van der Waals surface area contributed by atoms with Gasteiger partial charge in [-0.2, -0.15) is 5.26 Å². The average Bonchev–Trinajstić information content (AvgIpc) is 2.41. The third kappa shape index (κ3) is 2.97. The lowest BCUT2D eigenvalue weighted by atomic mass is 10.0. The van der Waals surface area contributed by atoms with Gasteiger partial charge in [-0.25, -0.2) is 0 Å². The molecule has 2 aromatic carbocycles. The second-order valence-electron chi connectivity index (χ2n) is 4.39. The van der Waals surface area contributed by atoms with Crippen LogP contribution in [0.15, 0.2) is 40.9 Å². The van der Waals surface area contributed by atoms with Crippen LogP contribution in [0.25, 0.3) is 0 Å². The fourth-order valence-corrected chi connectivity index (χ4v) is 2.42. The molecule has 19 heavy (non-hydrogen) atoms. The van der Waals surface area contributed by atoms with Gasteiger partial charge < -0.3 is 5.32 Å². The third-order valence-corrected chi connectivity index (χ3v) is 3.59. The quantitative estimate of drug-likeness (QED) is 0.871. The van der Waals surface area contributed by atoms with Crippen molar-refractivity contribution < 1.29 is 0 Å². The van der Waals surface area contributed by atoms with Crippen LogP contribution >= 0.6 is 15.9 Å². The van der Waals surface area contributed by atoms with Crippen molar-refractivity contribution in [2.24, 2.45) is 0 Å². The number of halogens is 1. The Bertz CT molecular complexity index is 642. The van der Waals surface area contributed by atoms with Crippen LogP contribution < -0.4 is 5.32 Å². The Morgan fingerprint density at radius 1 is 1.26 bits per heavy atom. The maximum absolute atomic E-state index is 9.18. The zero-order valence-corrected chi connectivity index (χ0v) is 12.6. The van der Waals surface area contributed by atoms with Gasteiger partial charge in [0.1, 0.15) is 6.07 Å². The van der Waals surface area contributed by atoms with Crippen LogP contribution in [0.4, 0.5) is 11.4 Å². The molecule has 0 unspecified atom stereocenters. The number of aryl methyl sites for hydroxylation is 2. The molecule has 0 aliphatic carbocycles. The van der Waals surface area contributed by atoms with E-state index in [1.165, 1.54) is 11.1 Å². The fourth-order valence-electron chi connectivity index (χ4n) is 2.05. The second-order valence-corrected chi connectivity index (χ2v) is 5.30. The van der Waals surface area contributed by atoms with Crippen LogP contribution in [-0.2, 0) is 6.42 Å². The second kappa shape index (κ2) is 5.90. The lowest BCUT2D eigenvalue weighted by Gasteiger charge is -2.15. The molecule has 0 aromatic heterocycles. The molecule has 0 amide bonds. The normalized spacial score (nSPS) is 10.0. The van der Waals surface area contributed by atoms with Crippen LogP contribution in [0.1, 0.15) is 23.6 Å². The van der Waals surface area contributed by atoms with Gasteiger partial charge in [-0.1, -0.05) is 41.1 Å². The largest absolute Gasteiger partial charge is 0.354 e. The monoisotopic (exact) mass is 314 g/mol. The van der Waals surface area contributed by atoms with E-state index in [9.17, 15) is 5.26 Å². The van der Waals surface area contributed by atoms with Crippen LogP contribution in [0, 0.1) is 18.3 Å². The Labute approximate surface area is 122 Å². The number of hydrogen-bond acceptors (Lipinski definition) is 2. The molecule has 1 N–H and O–H groups in total. The van der Waals surface area contributed by atoms with E-state index in [1.54, 1.807) is 0 Å². The molecule has 0 aliphatic heterocycles. The number of nitrogens with one attached hydrogen (secondary N) is 1. The van der Waals surface area contributed by atoms with Gasteiger partial charge in [0.2, 0.25) is 0 Å². The van der Waals surface area contributed by atoms with Crippen LogP contribution in [-0.4, -0.2) is 0 Å². The number of anilines is 2. The minimum atomic E-state index is 0.647. The summed E-state index contributed by atoms with van der Waals surface area (Å²) in [6.07, 6.45) is 0.958. The van der Waals surface area contributed by atoms with Crippen molar-refractivity contribution in [2.45, 2.75) is 20.3 Å². The maximum Gasteiger partial charge on any atom is 0.101 e. The molecule has 0 bridgehead atoms. The van der Waals surface area contributed by atoms with Crippen molar-refractivity contribution in [1.82, 2.24) is 0 Å². The summed E-state index contributed by atoms with van der Waals surface area (Å²) in [6.45, 7) is 4.21. The first kappa shape index (κ1) is 13.6. The van der Waals surface area contributed by atoms with E-state index < -0.39 is 0 Å². The molecule has 0 aliphatic rings. The molecule has 0 radical (unpaired) electrons. The number of nitriles is 1. The number of benzene rings is 2. The molecular weight excluding hydrogens is 300 g/mol. The topological polar surface area (TPSA) is 35.8 Å². The summed E-state index contributed by atoms with van der Waals surface area (Å²) in [5.41, 5.74) is 5.01. The Morgan fingerprint density at radius 3 is 2.74 bits per heavy atom. The molecule has 3 heteroatoms. The average molecular weight is 315 g/mol. The van der Waals surface area contributed by atoms with Crippen molar-refractivity contribution in [1.29, 1.82) is 5.26 Å². The molecule has 0 saturated carbocycles. The highest BCUT2D eigenvalue weighted by molar-refractivity contribution is 9.10. The Morgan fingerprint density at radius 2 is 2.05 bits per heavy atom. The van der Waals surface area contributed by atoms with Gasteiger partial charge in [-0.15, -0.1) is 0 Å². The highest BCUT2D eigenvalue weighted by Crippen LogP contribution is 2.29. The molecule has 0 spiro atoms. The standard InChI is InChI=1S/C16H15BrN2/c1-3-12-6-4-5-11(2)16(12)19-15-9-14(17)8-7-13(15)10-18/h4-9,19H,3H2,1-2H3. The van der Waals surface area contributed by atoms with Gasteiger partial charge in [0.05, 0.1) is 11.3 Å². The summed E-state index contributed by atoms with van der Waals surface area (Å²) < 4.78 is 0.959. The third-order valence-electron chi connectivity index (χ3n) is 3.10. The van der Waals surface area contributed by atoms with E-state index in [-0.39, 0.29) is 0 Å². The van der Waals surface area contributed by atoms with Crippen LogP contribution in [0.3, 0.4) is 0 Å². The Kier molecular flexibility index (Phi) is 4.24. The van der Waals surface area contributed by atoms with Crippen molar-refractivity contribution in [2.75, 3.05) is 5.32 Å². The predicted octanol–water partition coefficient (Wildman–Crippen LogP) is 4.94. The van der Waals surface area contributed by atoms with E-state index in [0.29, 0.717) is 5.56 Å². The number of para-hydroxylation sites is 1. The highest BCUT2D eigenvalue weighted by atomic mass is 79.9. The van der Waals surface area contributed by atoms with E-state index in [1.807, 2.05) is 18.2 Å². The van der Waals surface area contributed by atoms with Gasteiger partial charge in [0.25, 0.3) is 0 Å². The van der Waals surface area contributed by atoms with Gasteiger partial charge in [0, 0.05) is 10.2 Å². The van der Waals surface area contributed by atoms with E-state index in [0.717, 1.165) is 22.3 Å². The molecule has 2 aromatic rings. The first-order valence-electron chi connectivity index (χ1n) is 6.21. The predicted molar refractivity (Wildman–Crippen MR) is 82.7 cm³/mol. The molecule has 0 saturated heterocycles. The lowest BCUT2D eigenvalue weighted by molar-refractivity contribution is 1.13. The van der Waals surface area contributed by atoms with E-state index in [4.69, 9.17) is 0 Å². The SMILES string of the molecule is CCc1cccc(C)c1Nc1cc(Br)ccc1C#N. The smallest absolute Gasteiger partial charge is 0.101 e. The van der Waals surface area contributed by atoms with Crippen molar-refractivity contribution in [3.63, 3.8) is 0 Å². The molecule has 96 valence electrons. The van der Waals surface area contributed by atoms with Gasteiger partial charge >= 0.3 is 0 Å². The molecule has 2 rings (SSSR count). The Balaban J connectivity index is 2.47. The molecule has 2 nitrogen and oxygen atoms in total. The summed E-state index contributed by atoms with van der Waals surface area (Å²) in [5.74, 6) is 0. The summed E-state index contributed by atoms with van der Waals surface area (Å²) in [4.78, 5) is 0. The zero-order valence-electron chi connectivity index (χ0n) is 11.0. The first-order chi connectivity index (χ1) is 9.15. The summed E-state index contributed by atoms with van der Waals surface area (Å²) >= 11 is 3.44. The van der Waals surface area contributed by atoms with Crippen molar-refractivity contribution in [3.05, 3.63) is 57.6 Å². The minimum absolute atomic E-state index is 0.647. The van der Waals surface area contributed by atoms with Crippen LogP contribution in [0.5, 0.6) is 0 Å². The summed E-state index contributed by atoms with van der Waals surface area (Å²) in [7, 11) is 0. The first-order valence-corrected chi connectivity index (χ1v) is 7.00. The number of hydrogen-bond donors (Lipinski definition) is 1. The van der Waals surface area contributed by atoms with Gasteiger partial charge in [0.15, 0.2) is 0 Å². The molecule has 0 fully saturated rings. The van der Waals surface area contributed by atoms with Crippen LogP contribution in [0.2, 0.25) is 0 Å². The fraction of sp³-hybridized carbons (Fsp3) is 0.188. The van der Waals surface area contributed by atoms with Crippen molar-refractivity contribution in [3.8, 4) is 6.07 Å². The molecule has 0 atom stereocenters. The molecule has 0 heterocycles. The summed E-state index contributed by atoms with van der Waals surface area (Å²) in [5, 5.41) is 12.6. The summed E-state index contributed by atoms with van der Waals surface area (Å²) in [6, 6.07) is 14.1. The van der Waals surface area contributed by atoms with E-state index >= 15 is 0 Å². The maximum atomic E-state index is 9.18. The van der Waals surface area contributed by atoms with Gasteiger partial charge in [-0.3, -0.25) is 0 Å². The Hall–Kier alpha value is -1.79. The number of nitrogens with zero attached hydrogens (tertiary/aromatic N) is 1. The minimum Gasteiger partial charge on any atom is -0.354 e. The highest BCUT2D eigenvalue weighted by Gasteiger charge is 2.08. The van der Waals surface area contributed by atoms with Gasteiger partial charge in [-0.05, 0) is 42.7 Å². The molecular formula is C16H15BrN2.